The molecule has 2 aromatic carbocycles. The van der Waals surface area contributed by atoms with Crippen LogP contribution in [0, 0.1) is 13.8 Å². The minimum atomic E-state index is -0.133. The molecule has 9 nitrogen and oxygen atoms in total. The number of anilines is 2. The number of rotatable bonds is 9. The van der Waals surface area contributed by atoms with Crippen LogP contribution in [0.5, 0.6) is 0 Å². The summed E-state index contributed by atoms with van der Waals surface area (Å²) < 4.78 is 1.70. The summed E-state index contributed by atoms with van der Waals surface area (Å²) in [6, 6.07) is 15.6. The summed E-state index contributed by atoms with van der Waals surface area (Å²) in [7, 11) is 0. The van der Waals surface area contributed by atoms with Crippen molar-refractivity contribution in [1.29, 1.82) is 0 Å². The van der Waals surface area contributed by atoms with Gasteiger partial charge in [0.05, 0.1) is 22.3 Å². The van der Waals surface area contributed by atoms with Crippen molar-refractivity contribution in [2.45, 2.75) is 45.6 Å². The van der Waals surface area contributed by atoms with E-state index in [2.05, 4.69) is 20.6 Å². The zero-order chi connectivity index (χ0) is 26.6. The lowest BCUT2D eigenvalue weighted by Crippen LogP contribution is -2.25. The van der Waals surface area contributed by atoms with Crippen molar-refractivity contribution in [1.82, 2.24) is 24.8 Å². The number of fused-ring (bicyclic) bond motifs is 1. The van der Waals surface area contributed by atoms with Gasteiger partial charge in [-0.15, -0.1) is 0 Å². The van der Waals surface area contributed by atoms with Crippen molar-refractivity contribution < 1.29 is 4.79 Å². The van der Waals surface area contributed by atoms with E-state index in [1.54, 1.807) is 10.6 Å². The Labute approximate surface area is 220 Å². The molecule has 4 aromatic rings. The number of amides is 1. The lowest BCUT2D eigenvalue weighted by molar-refractivity contribution is -0.116. The Morgan fingerprint density at radius 1 is 1.08 bits per heavy atom. The highest BCUT2D eigenvalue weighted by Gasteiger charge is 2.22. The number of carbonyl (C=O) groups is 1. The SMILES string of the molecule is Cc1nc(N)nc(NCCCc2nc3cccc(C)c3c(=O)n2-c2ccccc2)c1/C=C/C(=O)NC1CC1. The maximum atomic E-state index is 13.6. The monoisotopic (exact) mass is 509 g/mol. The minimum Gasteiger partial charge on any atom is -0.369 e. The summed E-state index contributed by atoms with van der Waals surface area (Å²) in [5, 5.41) is 6.90. The molecule has 1 fully saturated rings. The smallest absolute Gasteiger partial charge is 0.266 e. The van der Waals surface area contributed by atoms with Crippen molar-refractivity contribution >= 4 is 34.7 Å². The number of carbonyl (C=O) groups excluding carboxylic acids is 1. The van der Waals surface area contributed by atoms with Gasteiger partial charge in [0.1, 0.15) is 11.6 Å². The van der Waals surface area contributed by atoms with Crippen molar-refractivity contribution in [3.8, 4) is 5.69 Å². The summed E-state index contributed by atoms with van der Waals surface area (Å²) >= 11 is 0. The van der Waals surface area contributed by atoms with Gasteiger partial charge in [0, 0.05) is 30.6 Å². The summed E-state index contributed by atoms with van der Waals surface area (Å²) in [4.78, 5) is 39.2. The second-order valence-electron chi connectivity index (χ2n) is 9.55. The molecule has 0 aliphatic heterocycles. The average molecular weight is 510 g/mol. The molecule has 0 atom stereocenters. The van der Waals surface area contributed by atoms with Gasteiger partial charge in [-0.2, -0.15) is 4.98 Å². The summed E-state index contributed by atoms with van der Waals surface area (Å²) in [5.74, 6) is 1.28. The maximum absolute atomic E-state index is 13.6. The van der Waals surface area contributed by atoms with Crippen LogP contribution in [0.15, 0.2) is 59.4 Å². The molecule has 0 saturated heterocycles. The predicted octanol–water partition coefficient (Wildman–Crippen LogP) is 3.71. The lowest BCUT2D eigenvalue weighted by atomic mass is 10.1. The number of nitrogens with two attached hydrogens (primary N) is 1. The van der Waals surface area contributed by atoms with Gasteiger partial charge in [-0.25, -0.2) is 9.97 Å². The number of para-hydroxylation sites is 1. The summed E-state index contributed by atoms with van der Waals surface area (Å²) in [6.07, 6.45) is 6.53. The van der Waals surface area contributed by atoms with E-state index < -0.39 is 0 Å². The van der Waals surface area contributed by atoms with Crippen LogP contribution in [0.4, 0.5) is 11.8 Å². The molecule has 1 aliphatic rings. The lowest BCUT2D eigenvalue weighted by Gasteiger charge is -2.15. The third-order valence-corrected chi connectivity index (χ3v) is 6.54. The third-order valence-electron chi connectivity index (χ3n) is 6.54. The molecular weight excluding hydrogens is 478 g/mol. The number of aryl methyl sites for hydroxylation is 3. The fourth-order valence-electron chi connectivity index (χ4n) is 4.48. The van der Waals surface area contributed by atoms with Crippen molar-refractivity contribution in [2.24, 2.45) is 0 Å². The van der Waals surface area contributed by atoms with Gasteiger partial charge in [0.15, 0.2) is 0 Å². The van der Waals surface area contributed by atoms with E-state index in [-0.39, 0.29) is 23.5 Å². The van der Waals surface area contributed by atoms with Gasteiger partial charge in [-0.1, -0.05) is 30.3 Å². The first kappa shape index (κ1) is 25.1. The molecule has 4 N–H and O–H groups in total. The van der Waals surface area contributed by atoms with Crippen molar-refractivity contribution in [2.75, 3.05) is 17.6 Å². The Bertz CT molecular complexity index is 1570. The minimum absolute atomic E-state index is 0.0710. The van der Waals surface area contributed by atoms with E-state index in [4.69, 9.17) is 10.7 Å². The zero-order valence-electron chi connectivity index (χ0n) is 21.6. The van der Waals surface area contributed by atoms with Gasteiger partial charge >= 0.3 is 0 Å². The van der Waals surface area contributed by atoms with Crippen molar-refractivity contribution in [3.63, 3.8) is 0 Å². The topological polar surface area (TPSA) is 128 Å². The standard InChI is InChI=1S/C29H31N7O2/c1-18-8-6-11-23-26(18)28(38)36(21-9-4-3-5-10-21)24(34-23)12-7-17-31-27-22(19(2)32-29(30)35-27)15-16-25(37)33-20-13-14-20/h3-6,8-11,15-16,20H,7,12-14,17H2,1-2H3,(H,33,37)(H3,30,31,32,35)/b16-15+. The first-order chi connectivity index (χ1) is 18.4. The molecule has 0 radical (unpaired) electrons. The van der Waals surface area contributed by atoms with Crippen LogP contribution in [0.3, 0.4) is 0 Å². The molecule has 194 valence electrons. The molecule has 9 heteroatoms. The number of hydrogen-bond acceptors (Lipinski definition) is 7. The van der Waals surface area contributed by atoms with Gasteiger partial charge in [-0.05, 0) is 62.9 Å². The summed E-state index contributed by atoms with van der Waals surface area (Å²) in [5.41, 5.74) is 9.61. The van der Waals surface area contributed by atoms with Crippen molar-refractivity contribution in [3.05, 3.63) is 87.6 Å². The highest BCUT2D eigenvalue weighted by Crippen LogP contribution is 2.21. The maximum Gasteiger partial charge on any atom is 0.266 e. The highest BCUT2D eigenvalue weighted by molar-refractivity contribution is 5.93. The van der Waals surface area contributed by atoms with Gasteiger partial charge in [0.2, 0.25) is 11.9 Å². The van der Waals surface area contributed by atoms with Crippen LogP contribution in [-0.4, -0.2) is 38.0 Å². The molecular formula is C29H31N7O2. The van der Waals surface area contributed by atoms with Crippen LogP contribution >= 0.6 is 0 Å². The Morgan fingerprint density at radius 2 is 1.87 bits per heavy atom. The molecule has 0 spiro atoms. The number of nitrogens with zero attached hydrogens (tertiary/aromatic N) is 4. The molecule has 0 bridgehead atoms. The quantitative estimate of drug-likeness (QED) is 0.232. The Balaban J connectivity index is 1.36. The molecule has 0 unspecified atom stereocenters. The predicted molar refractivity (Wildman–Crippen MR) is 150 cm³/mol. The van der Waals surface area contributed by atoms with Gasteiger partial charge in [0.25, 0.3) is 5.56 Å². The molecule has 2 heterocycles. The molecule has 1 amide bonds. The zero-order valence-corrected chi connectivity index (χ0v) is 21.6. The Hall–Kier alpha value is -4.53. The first-order valence-electron chi connectivity index (χ1n) is 12.8. The number of hydrogen-bond donors (Lipinski definition) is 3. The highest BCUT2D eigenvalue weighted by atomic mass is 16.1. The molecule has 1 saturated carbocycles. The van der Waals surface area contributed by atoms with Gasteiger partial charge in [-0.3, -0.25) is 14.2 Å². The van der Waals surface area contributed by atoms with E-state index in [1.165, 1.54) is 6.08 Å². The van der Waals surface area contributed by atoms with Crippen LogP contribution in [-0.2, 0) is 11.2 Å². The number of aromatic nitrogens is 4. The van der Waals surface area contributed by atoms with E-state index in [9.17, 15) is 9.59 Å². The van der Waals surface area contributed by atoms with E-state index >= 15 is 0 Å². The number of nitrogens with one attached hydrogen (secondary N) is 2. The average Bonchev–Trinajstić information content (AvgIpc) is 3.70. The normalized spacial score (nSPS) is 13.2. The largest absolute Gasteiger partial charge is 0.369 e. The molecule has 5 rings (SSSR count). The van der Waals surface area contributed by atoms with E-state index in [0.717, 1.165) is 24.1 Å². The molecule has 38 heavy (non-hydrogen) atoms. The summed E-state index contributed by atoms with van der Waals surface area (Å²) in [6.45, 7) is 4.32. The fourth-order valence-corrected chi connectivity index (χ4v) is 4.48. The Kier molecular flexibility index (Phi) is 7.17. The van der Waals surface area contributed by atoms with Gasteiger partial charge < -0.3 is 16.4 Å². The van der Waals surface area contributed by atoms with Crippen LogP contribution < -0.4 is 21.9 Å². The molecule has 2 aromatic heterocycles. The van der Waals surface area contributed by atoms with E-state index in [1.807, 2.05) is 62.4 Å². The number of nitrogen functional groups attached to an aromatic ring is 1. The van der Waals surface area contributed by atoms with Crippen LogP contribution in [0.2, 0.25) is 0 Å². The second-order valence-corrected chi connectivity index (χ2v) is 9.55. The molecule has 1 aliphatic carbocycles. The third kappa shape index (κ3) is 5.56. The second kappa shape index (κ2) is 10.8. The Morgan fingerprint density at radius 3 is 2.63 bits per heavy atom. The first-order valence-corrected chi connectivity index (χ1v) is 12.8. The fraction of sp³-hybridized carbons (Fsp3) is 0.276. The number of benzene rings is 2. The van der Waals surface area contributed by atoms with Crippen LogP contribution in [0.25, 0.3) is 22.7 Å². The van der Waals surface area contributed by atoms with Crippen LogP contribution in [0.1, 0.15) is 41.9 Å². The van der Waals surface area contributed by atoms with E-state index in [0.29, 0.717) is 53.2 Å².